The van der Waals surface area contributed by atoms with Crippen molar-refractivity contribution in [3.63, 3.8) is 0 Å². The third-order valence-corrected chi connectivity index (χ3v) is 2.47. The smallest absolute Gasteiger partial charge is 0.0795 e. The van der Waals surface area contributed by atoms with Crippen molar-refractivity contribution in [1.29, 1.82) is 0 Å². The topological polar surface area (TPSA) is 28.2 Å². The van der Waals surface area contributed by atoms with Crippen LogP contribution in [0.5, 0.6) is 0 Å². The molecule has 0 spiro atoms. The molecule has 1 N–H and O–H groups in total. The number of likely N-dealkylation sites (N-methyl/N-ethyl adjacent to an activating group) is 2. The lowest BCUT2D eigenvalue weighted by Gasteiger charge is -2.16. The summed E-state index contributed by atoms with van der Waals surface area (Å²) in [5, 5.41) is 5.17. The third kappa shape index (κ3) is 4.00. The summed E-state index contributed by atoms with van der Waals surface area (Å²) in [6, 6.07) is 0. The Morgan fingerprint density at radius 3 is 3.07 bits per heavy atom. The molecule has 1 aromatic rings. The average molecular weight is 211 g/mol. The van der Waals surface area contributed by atoms with Gasteiger partial charge in [0.25, 0.3) is 0 Å². The monoisotopic (exact) mass is 211 g/mol. The van der Waals surface area contributed by atoms with Gasteiger partial charge in [-0.2, -0.15) is 0 Å². The lowest BCUT2D eigenvalue weighted by Crippen LogP contribution is -2.24. The van der Waals surface area contributed by atoms with Gasteiger partial charge in [0.15, 0.2) is 0 Å². The summed E-state index contributed by atoms with van der Waals surface area (Å²) in [5.41, 5.74) is 4.20. The van der Waals surface area contributed by atoms with Gasteiger partial charge in [-0.05, 0) is 19.7 Å². The Labute approximate surface area is 89.5 Å². The fraction of sp³-hybridized carbons (Fsp3) is 0.500. The van der Waals surface area contributed by atoms with Crippen LogP contribution in [0.1, 0.15) is 5.69 Å². The predicted molar refractivity (Wildman–Crippen MR) is 61.5 cm³/mol. The van der Waals surface area contributed by atoms with Gasteiger partial charge >= 0.3 is 0 Å². The van der Waals surface area contributed by atoms with E-state index >= 15 is 0 Å². The molecule has 0 atom stereocenters. The number of nitrogens with one attached hydrogen (secondary N) is 1. The zero-order valence-electron chi connectivity index (χ0n) is 8.79. The molecular weight excluding hydrogens is 194 g/mol. The Morgan fingerprint density at radius 1 is 1.71 bits per heavy atom. The van der Waals surface area contributed by atoms with E-state index in [-0.39, 0.29) is 0 Å². The highest BCUT2D eigenvalue weighted by Crippen LogP contribution is 2.04. The SMILES string of the molecule is C=C(CNC)CN(C)Cc1cscn1. The molecule has 0 aliphatic heterocycles. The molecule has 4 heteroatoms. The first-order chi connectivity index (χ1) is 6.72. The Hall–Kier alpha value is -0.710. The second-order valence-corrected chi connectivity index (χ2v) is 4.15. The summed E-state index contributed by atoms with van der Waals surface area (Å²) in [4.78, 5) is 6.46. The summed E-state index contributed by atoms with van der Waals surface area (Å²) in [6.45, 7) is 6.68. The van der Waals surface area contributed by atoms with Gasteiger partial charge in [-0.3, -0.25) is 4.90 Å². The maximum Gasteiger partial charge on any atom is 0.0795 e. The van der Waals surface area contributed by atoms with E-state index in [1.165, 1.54) is 5.57 Å². The van der Waals surface area contributed by atoms with Crippen LogP contribution in [0.3, 0.4) is 0 Å². The summed E-state index contributed by atoms with van der Waals surface area (Å²) < 4.78 is 0. The quantitative estimate of drug-likeness (QED) is 0.720. The second kappa shape index (κ2) is 5.90. The number of rotatable bonds is 6. The van der Waals surface area contributed by atoms with Crippen LogP contribution in [0.2, 0.25) is 0 Å². The van der Waals surface area contributed by atoms with Gasteiger partial charge < -0.3 is 5.32 Å². The van der Waals surface area contributed by atoms with Crippen LogP contribution in [-0.4, -0.2) is 37.1 Å². The van der Waals surface area contributed by atoms with Gasteiger partial charge in [0.1, 0.15) is 0 Å². The zero-order chi connectivity index (χ0) is 10.4. The van der Waals surface area contributed by atoms with E-state index in [1.54, 1.807) is 11.3 Å². The van der Waals surface area contributed by atoms with Gasteiger partial charge in [0.2, 0.25) is 0 Å². The van der Waals surface area contributed by atoms with E-state index < -0.39 is 0 Å². The number of hydrogen-bond acceptors (Lipinski definition) is 4. The first-order valence-electron chi connectivity index (χ1n) is 4.59. The van der Waals surface area contributed by atoms with E-state index in [1.807, 2.05) is 12.6 Å². The molecule has 0 radical (unpaired) electrons. The molecule has 0 aliphatic rings. The Bertz CT molecular complexity index is 269. The average Bonchev–Trinajstić information content (AvgIpc) is 2.56. The molecule has 0 saturated heterocycles. The standard InChI is InChI=1S/C10H17N3S/c1-9(4-11-2)5-13(3)6-10-7-14-8-12-10/h7-8,11H,1,4-6H2,2-3H3. The third-order valence-electron chi connectivity index (χ3n) is 1.84. The molecule has 0 aliphatic carbocycles. The number of thiazole rings is 1. The van der Waals surface area contributed by atoms with Crippen LogP contribution in [0.25, 0.3) is 0 Å². The summed E-state index contributed by atoms with van der Waals surface area (Å²) in [5.74, 6) is 0. The van der Waals surface area contributed by atoms with Gasteiger partial charge in [-0.25, -0.2) is 4.98 Å². The minimum Gasteiger partial charge on any atom is -0.316 e. The van der Waals surface area contributed by atoms with E-state index in [0.29, 0.717) is 0 Å². The van der Waals surface area contributed by atoms with Gasteiger partial charge in [-0.15, -0.1) is 11.3 Å². The summed E-state index contributed by atoms with van der Waals surface area (Å²) in [7, 11) is 4.02. The van der Waals surface area contributed by atoms with Crippen molar-refractivity contribution in [2.45, 2.75) is 6.54 Å². The van der Waals surface area contributed by atoms with Crippen LogP contribution in [0, 0.1) is 0 Å². The molecular formula is C10H17N3S. The van der Waals surface area contributed by atoms with Crippen molar-refractivity contribution in [2.75, 3.05) is 27.2 Å². The first kappa shape index (κ1) is 11.4. The van der Waals surface area contributed by atoms with Crippen LogP contribution in [0.15, 0.2) is 23.0 Å². The Balaban J connectivity index is 2.29. The molecule has 14 heavy (non-hydrogen) atoms. The molecule has 0 amide bonds. The molecule has 3 nitrogen and oxygen atoms in total. The van der Waals surface area contributed by atoms with Gasteiger partial charge in [0, 0.05) is 25.0 Å². The maximum atomic E-state index is 4.24. The maximum absolute atomic E-state index is 4.24. The fourth-order valence-corrected chi connectivity index (χ4v) is 1.89. The zero-order valence-corrected chi connectivity index (χ0v) is 9.60. The van der Waals surface area contributed by atoms with Crippen LogP contribution < -0.4 is 5.32 Å². The van der Waals surface area contributed by atoms with Crippen LogP contribution in [0.4, 0.5) is 0 Å². The summed E-state index contributed by atoms with van der Waals surface area (Å²) in [6.07, 6.45) is 0. The van der Waals surface area contributed by atoms with E-state index in [4.69, 9.17) is 0 Å². The largest absolute Gasteiger partial charge is 0.316 e. The molecule has 0 bridgehead atoms. The lowest BCUT2D eigenvalue weighted by atomic mass is 10.3. The second-order valence-electron chi connectivity index (χ2n) is 3.43. The highest BCUT2D eigenvalue weighted by molar-refractivity contribution is 7.07. The van der Waals surface area contributed by atoms with Crippen molar-refractivity contribution < 1.29 is 0 Å². The van der Waals surface area contributed by atoms with E-state index in [9.17, 15) is 0 Å². The molecule has 0 saturated carbocycles. The predicted octanol–water partition coefficient (Wildman–Crippen LogP) is 1.35. The minimum absolute atomic E-state index is 0.876. The highest BCUT2D eigenvalue weighted by Gasteiger charge is 2.03. The van der Waals surface area contributed by atoms with Crippen molar-refractivity contribution in [3.8, 4) is 0 Å². The van der Waals surface area contributed by atoms with Gasteiger partial charge in [-0.1, -0.05) is 6.58 Å². The minimum atomic E-state index is 0.876. The van der Waals surface area contributed by atoms with Crippen molar-refractivity contribution in [1.82, 2.24) is 15.2 Å². The molecule has 0 aromatic carbocycles. The van der Waals surface area contributed by atoms with E-state index in [0.717, 1.165) is 25.3 Å². The van der Waals surface area contributed by atoms with Crippen molar-refractivity contribution in [2.24, 2.45) is 0 Å². The van der Waals surface area contributed by atoms with Crippen LogP contribution >= 0.6 is 11.3 Å². The number of nitrogens with zero attached hydrogens (tertiary/aromatic N) is 2. The Kier molecular flexibility index (Phi) is 4.79. The first-order valence-corrected chi connectivity index (χ1v) is 5.53. The molecule has 1 aromatic heterocycles. The van der Waals surface area contributed by atoms with E-state index in [2.05, 4.69) is 34.2 Å². The van der Waals surface area contributed by atoms with Crippen molar-refractivity contribution >= 4 is 11.3 Å². The molecule has 78 valence electrons. The van der Waals surface area contributed by atoms with Crippen molar-refractivity contribution in [3.05, 3.63) is 28.7 Å². The molecule has 1 rings (SSSR count). The number of aromatic nitrogens is 1. The molecule has 1 heterocycles. The van der Waals surface area contributed by atoms with Gasteiger partial charge in [0.05, 0.1) is 11.2 Å². The van der Waals surface area contributed by atoms with Crippen LogP contribution in [-0.2, 0) is 6.54 Å². The molecule has 0 unspecified atom stereocenters. The lowest BCUT2D eigenvalue weighted by molar-refractivity contribution is 0.349. The molecule has 0 fully saturated rings. The highest BCUT2D eigenvalue weighted by atomic mass is 32.1. The normalized spacial score (nSPS) is 10.8. The summed E-state index contributed by atoms with van der Waals surface area (Å²) >= 11 is 1.64. The number of hydrogen-bond donors (Lipinski definition) is 1. The fourth-order valence-electron chi connectivity index (χ4n) is 1.34. The Morgan fingerprint density at radius 2 is 2.50 bits per heavy atom.